The second kappa shape index (κ2) is 5.21. The standard InChI is InChI=1S/C8H14N4O2/c1-3-4-5-14-8-11-6(9)10-7(12-8)13-2/h3-5H2,1-2H3,(H2,9,10,11,12). The van der Waals surface area contributed by atoms with Crippen LogP contribution in [-0.2, 0) is 0 Å². The van der Waals surface area contributed by atoms with Gasteiger partial charge in [-0.15, -0.1) is 4.98 Å². The largest absolute Gasteiger partial charge is 0.467 e. The summed E-state index contributed by atoms with van der Waals surface area (Å²) in [7, 11) is 1.46. The van der Waals surface area contributed by atoms with E-state index in [4.69, 9.17) is 15.2 Å². The molecule has 2 N–H and O–H groups in total. The Bertz CT molecular complexity index is 293. The van der Waals surface area contributed by atoms with Gasteiger partial charge in [0.05, 0.1) is 13.7 Å². The van der Waals surface area contributed by atoms with Gasteiger partial charge in [0.2, 0.25) is 5.95 Å². The highest BCUT2D eigenvalue weighted by molar-refractivity contribution is 5.20. The molecule has 0 aromatic carbocycles. The number of ether oxygens (including phenoxy) is 2. The van der Waals surface area contributed by atoms with E-state index >= 15 is 0 Å². The second-order valence-electron chi connectivity index (χ2n) is 2.66. The third-order valence-electron chi connectivity index (χ3n) is 1.52. The summed E-state index contributed by atoms with van der Waals surface area (Å²) in [5.74, 6) is 0.100. The summed E-state index contributed by atoms with van der Waals surface area (Å²) in [5, 5.41) is 0. The minimum absolute atomic E-state index is 0.100. The number of hydrogen-bond donors (Lipinski definition) is 1. The molecule has 1 heterocycles. The number of methoxy groups -OCH3 is 1. The van der Waals surface area contributed by atoms with Gasteiger partial charge in [-0.3, -0.25) is 0 Å². The van der Waals surface area contributed by atoms with Crippen LogP contribution in [0.4, 0.5) is 5.95 Å². The molecule has 6 nitrogen and oxygen atoms in total. The van der Waals surface area contributed by atoms with Crippen molar-refractivity contribution in [2.24, 2.45) is 0 Å². The van der Waals surface area contributed by atoms with Crippen LogP contribution in [0.15, 0.2) is 0 Å². The van der Waals surface area contributed by atoms with Gasteiger partial charge < -0.3 is 15.2 Å². The first-order chi connectivity index (χ1) is 6.76. The summed E-state index contributed by atoms with van der Waals surface area (Å²) in [6.45, 7) is 2.65. The molecule has 0 amide bonds. The Morgan fingerprint density at radius 2 is 1.93 bits per heavy atom. The average molecular weight is 198 g/mol. The first kappa shape index (κ1) is 10.5. The van der Waals surface area contributed by atoms with Crippen molar-refractivity contribution in [3.05, 3.63) is 0 Å². The minimum atomic E-state index is 0.100. The first-order valence-corrected chi connectivity index (χ1v) is 4.44. The van der Waals surface area contributed by atoms with Crippen LogP contribution in [0.2, 0.25) is 0 Å². The lowest BCUT2D eigenvalue weighted by atomic mass is 10.4. The third kappa shape index (κ3) is 3.04. The third-order valence-corrected chi connectivity index (χ3v) is 1.52. The van der Waals surface area contributed by atoms with Gasteiger partial charge in [0, 0.05) is 0 Å². The number of aromatic nitrogens is 3. The summed E-state index contributed by atoms with van der Waals surface area (Å²) in [6, 6.07) is 0.381. The lowest BCUT2D eigenvalue weighted by Gasteiger charge is -2.04. The number of nitrogen functional groups attached to an aromatic ring is 1. The Kier molecular flexibility index (Phi) is 3.90. The van der Waals surface area contributed by atoms with Crippen molar-refractivity contribution >= 4 is 5.95 Å². The maximum Gasteiger partial charge on any atom is 0.324 e. The molecule has 0 atom stereocenters. The summed E-state index contributed by atoms with van der Waals surface area (Å²) >= 11 is 0. The lowest BCUT2D eigenvalue weighted by molar-refractivity contribution is 0.275. The maximum atomic E-state index is 5.42. The molecule has 0 fully saturated rings. The van der Waals surface area contributed by atoms with Crippen molar-refractivity contribution in [1.82, 2.24) is 15.0 Å². The fourth-order valence-corrected chi connectivity index (χ4v) is 0.816. The van der Waals surface area contributed by atoms with Crippen molar-refractivity contribution in [3.63, 3.8) is 0 Å². The molecule has 1 rings (SSSR count). The quantitative estimate of drug-likeness (QED) is 0.699. The number of nitrogens with two attached hydrogens (primary N) is 1. The van der Waals surface area contributed by atoms with Crippen LogP contribution < -0.4 is 15.2 Å². The molecule has 6 heteroatoms. The molecule has 0 aliphatic carbocycles. The Balaban J connectivity index is 2.62. The molecule has 0 radical (unpaired) electrons. The monoisotopic (exact) mass is 198 g/mol. The normalized spacial score (nSPS) is 9.86. The van der Waals surface area contributed by atoms with E-state index in [1.807, 2.05) is 0 Å². The van der Waals surface area contributed by atoms with Crippen LogP contribution in [0, 0.1) is 0 Å². The highest BCUT2D eigenvalue weighted by Gasteiger charge is 2.04. The highest BCUT2D eigenvalue weighted by Crippen LogP contribution is 2.10. The number of unbranched alkanes of at least 4 members (excludes halogenated alkanes) is 1. The van der Waals surface area contributed by atoms with Crippen LogP contribution in [0.25, 0.3) is 0 Å². The zero-order valence-corrected chi connectivity index (χ0v) is 8.36. The number of rotatable bonds is 5. The molecule has 14 heavy (non-hydrogen) atoms. The van der Waals surface area contributed by atoms with Crippen LogP contribution in [0.1, 0.15) is 19.8 Å². The van der Waals surface area contributed by atoms with Crippen molar-refractivity contribution in [2.45, 2.75) is 19.8 Å². The van der Waals surface area contributed by atoms with Gasteiger partial charge in [-0.2, -0.15) is 9.97 Å². The molecule has 78 valence electrons. The van der Waals surface area contributed by atoms with E-state index in [0.29, 0.717) is 6.61 Å². The Labute approximate surface area is 82.5 Å². The summed E-state index contributed by atoms with van der Waals surface area (Å²) in [4.78, 5) is 11.4. The average Bonchev–Trinajstić information content (AvgIpc) is 2.17. The molecule has 0 spiro atoms. The summed E-state index contributed by atoms with van der Waals surface area (Å²) < 4.78 is 10.1. The van der Waals surface area contributed by atoms with Gasteiger partial charge in [0.1, 0.15) is 0 Å². The highest BCUT2D eigenvalue weighted by atomic mass is 16.5. The van der Waals surface area contributed by atoms with Gasteiger partial charge in [-0.25, -0.2) is 0 Å². The van der Waals surface area contributed by atoms with Crippen molar-refractivity contribution in [1.29, 1.82) is 0 Å². The van der Waals surface area contributed by atoms with Gasteiger partial charge in [-0.05, 0) is 6.42 Å². The first-order valence-electron chi connectivity index (χ1n) is 4.44. The zero-order chi connectivity index (χ0) is 10.4. The van der Waals surface area contributed by atoms with Crippen molar-refractivity contribution in [3.8, 4) is 12.0 Å². The predicted molar refractivity (Wildman–Crippen MR) is 51.2 cm³/mol. The van der Waals surface area contributed by atoms with E-state index in [2.05, 4.69) is 21.9 Å². The summed E-state index contributed by atoms with van der Waals surface area (Å²) in [5.41, 5.74) is 5.42. The molecule has 0 saturated heterocycles. The fraction of sp³-hybridized carbons (Fsp3) is 0.625. The molecule has 0 aliphatic heterocycles. The second-order valence-corrected chi connectivity index (χ2v) is 2.66. The van der Waals surface area contributed by atoms with Crippen molar-refractivity contribution < 1.29 is 9.47 Å². The number of nitrogens with zero attached hydrogens (tertiary/aromatic N) is 3. The van der Waals surface area contributed by atoms with Crippen molar-refractivity contribution in [2.75, 3.05) is 19.5 Å². The molecule has 0 saturated carbocycles. The topological polar surface area (TPSA) is 83.2 Å². The molecule has 0 unspecified atom stereocenters. The van der Waals surface area contributed by atoms with Gasteiger partial charge in [-0.1, -0.05) is 13.3 Å². The van der Waals surface area contributed by atoms with Gasteiger partial charge in [0.25, 0.3) is 0 Å². The van der Waals surface area contributed by atoms with Crippen LogP contribution in [0.5, 0.6) is 12.0 Å². The minimum Gasteiger partial charge on any atom is -0.467 e. The Morgan fingerprint density at radius 1 is 1.21 bits per heavy atom. The zero-order valence-electron chi connectivity index (χ0n) is 8.36. The molecule has 0 bridgehead atoms. The molecular formula is C8H14N4O2. The van der Waals surface area contributed by atoms with E-state index in [0.717, 1.165) is 12.8 Å². The van der Waals surface area contributed by atoms with Crippen LogP contribution >= 0.6 is 0 Å². The van der Waals surface area contributed by atoms with E-state index < -0.39 is 0 Å². The van der Waals surface area contributed by atoms with E-state index in [1.165, 1.54) is 7.11 Å². The predicted octanol–water partition coefficient (Wildman–Crippen LogP) is 0.641. The number of anilines is 1. The lowest BCUT2D eigenvalue weighted by Crippen LogP contribution is -2.06. The fourth-order valence-electron chi connectivity index (χ4n) is 0.816. The van der Waals surface area contributed by atoms with E-state index in [9.17, 15) is 0 Å². The van der Waals surface area contributed by atoms with E-state index in [1.54, 1.807) is 0 Å². The van der Waals surface area contributed by atoms with Gasteiger partial charge >= 0.3 is 12.0 Å². The molecule has 1 aromatic rings. The van der Waals surface area contributed by atoms with Crippen LogP contribution in [-0.4, -0.2) is 28.7 Å². The Hall–Kier alpha value is -1.59. The molecular weight excluding hydrogens is 184 g/mol. The smallest absolute Gasteiger partial charge is 0.324 e. The molecule has 0 aliphatic rings. The van der Waals surface area contributed by atoms with Crippen LogP contribution in [0.3, 0.4) is 0 Å². The number of hydrogen-bond acceptors (Lipinski definition) is 6. The van der Waals surface area contributed by atoms with E-state index in [-0.39, 0.29) is 18.0 Å². The SMILES string of the molecule is CCCCOc1nc(N)nc(OC)n1. The Morgan fingerprint density at radius 3 is 2.57 bits per heavy atom. The maximum absolute atomic E-state index is 5.42. The summed E-state index contributed by atoms with van der Waals surface area (Å²) in [6.07, 6.45) is 2.01. The molecule has 1 aromatic heterocycles. The van der Waals surface area contributed by atoms with Gasteiger partial charge in [0.15, 0.2) is 0 Å².